The lowest BCUT2D eigenvalue weighted by Crippen LogP contribution is -2.32. The Kier molecular flexibility index (Phi) is 4.70. The molecular weight excluding hydrogens is 293 g/mol. The number of carbonyl (C=O) groups excluding carboxylic acids is 1. The zero-order valence-corrected chi connectivity index (χ0v) is 12.1. The number of hydrogen-bond acceptors (Lipinski definition) is 2. The number of aryl methyl sites for hydroxylation is 1. The fraction of sp³-hybridized carbons (Fsp3) is 0.188. The van der Waals surface area contributed by atoms with Crippen LogP contribution in [0.5, 0.6) is 0 Å². The fourth-order valence-corrected chi connectivity index (χ4v) is 1.83. The largest absolute Gasteiger partial charge is 0.374 e. The first kappa shape index (κ1) is 15.9. The zero-order chi connectivity index (χ0) is 16.3. The molecule has 2 aromatic carbocycles. The van der Waals surface area contributed by atoms with Crippen LogP contribution >= 0.6 is 0 Å². The van der Waals surface area contributed by atoms with Crippen molar-refractivity contribution in [3.05, 3.63) is 59.4 Å². The number of carbonyl (C=O) groups is 1. The van der Waals surface area contributed by atoms with Gasteiger partial charge in [-0.25, -0.2) is 13.2 Å². The van der Waals surface area contributed by atoms with Gasteiger partial charge in [0.2, 0.25) is 5.91 Å². The first-order chi connectivity index (χ1) is 10.4. The normalized spacial score (nSPS) is 11.9. The van der Waals surface area contributed by atoms with Gasteiger partial charge in [0.1, 0.15) is 6.04 Å². The summed E-state index contributed by atoms with van der Waals surface area (Å²) in [6.45, 7) is 3.51. The van der Waals surface area contributed by atoms with E-state index in [0.717, 1.165) is 23.4 Å². The number of benzene rings is 2. The molecule has 0 aliphatic carbocycles. The Hall–Kier alpha value is -2.50. The lowest BCUT2D eigenvalue weighted by atomic mass is 10.2. The maximum absolute atomic E-state index is 13.5. The van der Waals surface area contributed by atoms with E-state index in [-0.39, 0.29) is 0 Å². The van der Waals surface area contributed by atoms with Gasteiger partial charge in [0, 0.05) is 5.69 Å². The summed E-state index contributed by atoms with van der Waals surface area (Å²) < 4.78 is 39.5. The van der Waals surface area contributed by atoms with Crippen LogP contribution in [0.3, 0.4) is 0 Å². The van der Waals surface area contributed by atoms with Crippen LogP contribution in [0, 0.1) is 24.4 Å². The van der Waals surface area contributed by atoms with Gasteiger partial charge < -0.3 is 10.6 Å². The highest BCUT2D eigenvalue weighted by atomic mass is 19.2. The van der Waals surface area contributed by atoms with Crippen LogP contribution < -0.4 is 10.6 Å². The molecule has 0 saturated carbocycles. The minimum Gasteiger partial charge on any atom is -0.374 e. The number of nitrogens with one attached hydrogen (secondary N) is 2. The molecule has 6 heteroatoms. The SMILES string of the molecule is Cc1ccc(N[C@@H](C)C(=O)Nc2ccc(F)c(F)c2F)cc1. The Balaban J connectivity index is 2.05. The van der Waals surface area contributed by atoms with Gasteiger partial charge >= 0.3 is 0 Å². The number of hydrogen-bond donors (Lipinski definition) is 2. The molecular formula is C16H15F3N2O. The van der Waals surface area contributed by atoms with E-state index in [1.807, 2.05) is 19.1 Å². The van der Waals surface area contributed by atoms with Crippen LogP contribution in [-0.2, 0) is 4.79 Å². The van der Waals surface area contributed by atoms with Crippen molar-refractivity contribution >= 4 is 17.3 Å². The second-order valence-corrected chi connectivity index (χ2v) is 4.94. The van der Waals surface area contributed by atoms with Crippen molar-refractivity contribution in [2.24, 2.45) is 0 Å². The molecule has 3 nitrogen and oxygen atoms in total. The molecule has 1 amide bonds. The van der Waals surface area contributed by atoms with E-state index in [9.17, 15) is 18.0 Å². The average molecular weight is 308 g/mol. The van der Waals surface area contributed by atoms with E-state index < -0.39 is 35.1 Å². The molecule has 0 saturated heterocycles. The highest BCUT2D eigenvalue weighted by Crippen LogP contribution is 2.20. The third-order valence-electron chi connectivity index (χ3n) is 3.12. The van der Waals surface area contributed by atoms with E-state index in [1.54, 1.807) is 19.1 Å². The summed E-state index contributed by atoms with van der Waals surface area (Å²) in [5, 5.41) is 5.16. The molecule has 0 heterocycles. The standard InChI is InChI=1S/C16H15F3N2O/c1-9-3-5-11(6-4-9)20-10(2)16(22)21-13-8-7-12(17)14(18)15(13)19/h3-8,10,20H,1-2H3,(H,21,22)/t10-/m0/s1. The summed E-state index contributed by atoms with van der Waals surface area (Å²) in [5.74, 6) is -4.90. The van der Waals surface area contributed by atoms with Gasteiger partial charge in [-0.1, -0.05) is 17.7 Å². The molecule has 2 N–H and O–H groups in total. The van der Waals surface area contributed by atoms with E-state index in [4.69, 9.17) is 0 Å². The topological polar surface area (TPSA) is 41.1 Å². The number of amides is 1. The smallest absolute Gasteiger partial charge is 0.246 e. The summed E-state index contributed by atoms with van der Waals surface area (Å²) in [4.78, 5) is 12.0. The van der Waals surface area contributed by atoms with Gasteiger partial charge in [-0.15, -0.1) is 0 Å². The maximum atomic E-state index is 13.5. The van der Waals surface area contributed by atoms with Gasteiger partial charge in [0.05, 0.1) is 5.69 Å². The van der Waals surface area contributed by atoms with E-state index in [1.165, 1.54) is 0 Å². The number of halogens is 3. The van der Waals surface area contributed by atoms with Crippen LogP contribution in [0.15, 0.2) is 36.4 Å². The molecule has 0 bridgehead atoms. The monoisotopic (exact) mass is 308 g/mol. The summed E-state index contributed by atoms with van der Waals surface area (Å²) in [5.41, 5.74) is 1.40. The summed E-state index contributed by atoms with van der Waals surface area (Å²) in [6, 6.07) is 8.41. The summed E-state index contributed by atoms with van der Waals surface area (Å²) >= 11 is 0. The molecule has 2 aromatic rings. The van der Waals surface area contributed by atoms with Crippen LogP contribution in [0.1, 0.15) is 12.5 Å². The van der Waals surface area contributed by atoms with E-state index in [2.05, 4.69) is 10.6 Å². The zero-order valence-electron chi connectivity index (χ0n) is 12.1. The number of anilines is 2. The van der Waals surface area contributed by atoms with Crippen molar-refractivity contribution in [1.82, 2.24) is 0 Å². The Morgan fingerprint density at radius 2 is 1.64 bits per heavy atom. The molecule has 22 heavy (non-hydrogen) atoms. The molecule has 0 spiro atoms. The van der Waals surface area contributed by atoms with Crippen molar-refractivity contribution in [3.63, 3.8) is 0 Å². The number of rotatable bonds is 4. The van der Waals surface area contributed by atoms with Gasteiger partial charge in [0.25, 0.3) is 0 Å². The molecule has 0 aliphatic rings. The molecule has 0 aliphatic heterocycles. The minimum absolute atomic E-state index is 0.401. The Bertz CT molecular complexity index is 687. The van der Waals surface area contributed by atoms with Gasteiger partial charge in [0.15, 0.2) is 17.5 Å². The summed E-state index contributed by atoms with van der Waals surface area (Å²) in [7, 11) is 0. The molecule has 2 rings (SSSR count). The second kappa shape index (κ2) is 6.51. The van der Waals surface area contributed by atoms with Crippen molar-refractivity contribution < 1.29 is 18.0 Å². The first-order valence-corrected chi connectivity index (χ1v) is 6.66. The summed E-state index contributed by atoms with van der Waals surface area (Å²) in [6.07, 6.45) is 0. The molecule has 0 unspecified atom stereocenters. The van der Waals surface area contributed by atoms with Gasteiger partial charge in [-0.05, 0) is 38.1 Å². The Labute approximate surface area is 126 Å². The third kappa shape index (κ3) is 3.58. The van der Waals surface area contributed by atoms with E-state index >= 15 is 0 Å². The average Bonchev–Trinajstić information content (AvgIpc) is 2.50. The van der Waals surface area contributed by atoms with Crippen molar-refractivity contribution in [2.75, 3.05) is 10.6 Å². The molecule has 0 radical (unpaired) electrons. The highest BCUT2D eigenvalue weighted by Gasteiger charge is 2.18. The molecule has 0 aromatic heterocycles. The van der Waals surface area contributed by atoms with Crippen LogP contribution in [0.2, 0.25) is 0 Å². The van der Waals surface area contributed by atoms with Crippen LogP contribution in [0.25, 0.3) is 0 Å². The lowest BCUT2D eigenvalue weighted by molar-refractivity contribution is -0.116. The van der Waals surface area contributed by atoms with Crippen molar-refractivity contribution in [3.8, 4) is 0 Å². The van der Waals surface area contributed by atoms with Gasteiger partial charge in [-0.2, -0.15) is 0 Å². The first-order valence-electron chi connectivity index (χ1n) is 6.66. The van der Waals surface area contributed by atoms with Crippen molar-refractivity contribution in [1.29, 1.82) is 0 Å². The Morgan fingerprint density at radius 3 is 2.27 bits per heavy atom. The fourth-order valence-electron chi connectivity index (χ4n) is 1.83. The lowest BCUT2D eigenvalue weighted by Gasteiger charge is -2.16. The van der Waals surface area contributed by atoms with Crippen molar-refractivity contribution in [2.45, 2.75) is 19.9 Å². The molecule has 0 fully saturated rings. The predicted octanol–water partition coefficient (Wildman–Crippen LogP) is 3.85. The van der Waals surface area contributed by atoms with Gasteiger partial charge in [-0.3, -0.25) is 4.79 Å². The highest BCUT2D eigenvalue weighted by molar-refractivity contribution is 5.96. The second-order valence-electron chi connectivity index (χ2n) is 4.94. The minimum atomic E-state index is -1.61. The van der Waals surface area contributed by atoms with Crippen LogP contribution in [-0.4, -0.2) is 11.9 Å². The maximum Gasteiger partial charge on any atom is 0.246 e. The predicted molar refractivity (Wildman–Crippen MR) is 79.2 cm³/mol. The third-order valence-corrected chi connectivity index (χ3v) is 3.12. The van der Waals surface area contributed by atoms with Crippen LogP contribution in [0.4, 0.5) is 24.5 Å². The molecule has 116 valence electrons. The van der Waals surface area contributed by atoms with E-state index in [0.29, 0.717) is 0 Å². The quantitative estimate of drug-likeness (QED) is 0.842. The Morgan fingerprint density at radius 1 is 1.00 bits per heavy atom. The molecule has 1 atom stereocenters.